The fourth-order valence-electron chi connectivity index (χ4n) is 1.97. The minimum absolute atomic E-state index is 0.144. The first-order chi connectivity index (χ1) is 10.5. The van der Waals surface area contributed by atoms with E-state index in [-0.39, 0.29) is 17.4 Å². The Morgan fingerprint density at radius 2 is 1.91 bits per heavy atom. The summed E-state index contributed by atoms with van der Waals surface area (Å²) in [6, 6.07) is 9.89. The van der Waals surface area contributed by atoms with Gasteiger partial charge in [-0.25, -0.2) is 0 Å². The fraction of sp³-hybridized carbons (Fsp3) is 0.333. The predicted octanol–water partition coefficient (Wildman–Crippen LogP) is 2.67. The fourth-order valence-corrected chi connectivity index (χ4v) is 1.97. The molecule has 1 aromatic carbocycles. The number of hydrogen-bond acceptors (Lipinski definition) is 2. The van der Waals surface area contributed by atoms with E-state index in [0.717, 1.165) is 12.0 Å². The Kier molecular flexibility index (Phi) is 7.09. The molecule has 0 bridgehead atoms. The van der Waals surface area contributed by atoms with Crippen LogP contribution in [0.5, 0.6) is 0 Å². The highest BCUT2D eigenvalue weighted by Crippen LogP contribution is 2.09. The molecule has 0 aliphatic carbocycles. The Bertz CT molecular complexity index is 562. The van der Waals surface area contributed by atoms with Crippen LogP contribution in [0.15, 0.2) is 54.3 Å². The number of amides is 2. The molecule has 22 heavy (non-hydrogen) atoms. The molecule has 2 amide bonds. The molecular formula is C18H24N2O2. The zero-order valence-corrected chi connectivity index (χ0v) is 13.6. The summed E-state index contributed by atoms with van der Waals surface area (Å²) in [6.07, 6.45) is 2.93. The second kappa shape index (κ2) is 8.82. The monoisotopic (exact) mass is 300 g/mol. The lowest BCUT2D eigenvalue weighted by atomic mass is 10.1. The van der Waals surface area contributed by atoms with Crippen LogP contribution in [0.1, 0.15) is 25.8 Å². The van der Waals surface area contributed by atoms with Crippen LogP contribution in [0.2, 0.25) is 0 Å². The molecule has 0 aliphatic rings. The lowest BCUT2D eigenvalue weighted by Crippen LogP contribution is -2.36. The van der Waals surface area contributed by atoms with Gasteiger partial charge < -0.3 is 10.2 Å². The van der Waals surface area contributed by atoms with Crippen LogP contribution in [0.4, 0.5) is 0 Å². The van der Waals surface area contributed by atoms with E-state index in [2.05, 4.69) is 11.9 Å². The number of hydrogen-bond donors (Lipinski definition) is 1. The van der Waals surface area contributed by atoms with Gasteiger partial charge in [-0.2, -0.15) is 0 Å². The number of nitrogens with zero attached hydrogens (tertiary/aromatic N) is 1. The van der Waals surface area contributed by atoms with Crippen LogP contribution in [-0.4, -0.2) is 30.3 Å². The standard InChI is InChI=1S/C18H24N2O2/c1-5-14(3)20(4)18(22)16(6-2)17(21)19-13-12-15-10-8-7-9-11-15/h6-11H,3,5,12-13H2,1-2,4H3,(H,19,21)/b16-6-. The van der Waals surface area contributed by atoms with Gasteiger partial charge in [0.1, 0.15) is 5.57 Å². The van der Waals surface area contributed by atoms with Crippen LogP contribution < -0.4 is 5.32 Å². The summed E-state index contributed by atoms with van der Waals surface area (Å²) in [6.45, 7) is 7.92. The highest BCUT2D eigenvalue weighted by Gasteiger charge is 2.21. The third-order valence-electron chi connectivity index (χ3n) is 3.49. The average Bonchev–Trinajstić information content (AvgIpc) is 2.54. The summed E-state index contributed by atoms with van der Waals surface area (Å²) in [5.41, 5.74) is 1.97. The summed E-state index contributed by atoms with van der Waals surface area (Å²) in [4.78, 5) is 25.9. The van der Waals surface area contributed by atoms with E-state index in [4.69, 9.17) is 0 Å². The Balaban J connectivity index is 2.58. The first-order valence-corrected chi connectivity index (χ1v) is 7.45. The van der Waals surface area contributed by atoms with Crippen LogP contribution in [-0.2, 0) is 16.0 Å². The molecular weight excluding hydrogens is 276 g/mol. The summed E-state index contributed by atoms with van der Waals surface area (Å²) in [7, 11) is 1.63. The van der Waals surface area contributed by atoms with Gasteiger partial charge in [-0.05, 0) is 25.3 Å². The molecule has 1 N–H and O–H groups in total. The van der Waals surface area contributed by atoms with Crippen molar-refractivity contribution in [2.75, 3.05) is 13.6 Å². The molecule has 0 spiro atoms. The van der Waals surface area contributed by atoms with Gasteiger partial charge in [-0.1, -0.05) is 49.9 Å². The van der Waals surface area contributed by atoms with Crippen molar-refractivity contribution in [1.82, 2.24) is 10.2 Å². The minimum atomic E-state index is -0.348. The van der Waals surface area contributed by atoms with E-state index in [0.29, 0.717) is 18.7 Å². The van der Waals surface area contributed by atoms with E-state index >= 15 is 0 Å². The molecule has 0 saturated heterocycles. The molecule has 4 nitrogen and oxygen atoms in total. The first kappa shape index (κ1) is 17.7. The van der Waals surface area contributed by atoms with E-state index in [9.17, 15) is 9.59 Å². The molecule has 1 aromatic rings. The van der Waals surface area contributed by atoms with E-state index in [1.54, 1.807) is 20.0 Å². The Morgan fingerprint density at radius 3 is 2.45 bits per heavy atom. The maximum absolute atomic E-state index is 12.3. The number of rotatable bonds is 7. The van der Waals surface area contributed by atoms with Gasteiger partial charge in [0.2, 0.25) is 0 Å². The summed E-state index contributed by atoms with van der Waals surface area (Å²) in [5, 5.41) is 2.79. The SMILES string of the molecule is C=C(CC)N(C)C(=O)/C(=C\C)C(=O)NCCc1ccccc1. The van der Waals surface area contributed by atoms with Crippen LogP contribution >= 0.6 is 0 Å². The summed E-state index contributed by atoms with van der Waals surface area (Å²) < 4.78 is 0. The molecule has 0 atom stereocenters. The number of likely N-dealkylation sites (N-methyl/N-ethyl adjacent to an activating group) is 1. The van der Waals surface area contributed by atoms with Crippen molar-refractivity contribution in [2.24, 2.45) is 0 Å². The van der Waals surface area contributed by atoms with E-state index in [1.165, 1.54) is 4.90 Å². The van der Waals surface area contributed by atoms with Gasteiger partial charge >= 0.3 is 0 Å². The predicted molar refractivity (Wildman–Crippen MR) is 89.1 cm³/mol. The van der Waals surface area contributed by atoms with Crippen molar-refractivity contribution < 1.29 is 9.59 Å². The van der Waals surface area contributed by atoms with E-state index in [1.807, 2.05) is 37.3 Å². The number of nitrogens with one attached hydrogen (secondary N) is 1. The minimum Gasteiger partial charge on any atom is -0.352 e. The molecule has 118 valence electrons. The third-order valence-corrected chi connectivity index (χ3v) is 3.49. The van der Waals surface area contributed by atoms with Gasteiger partial charge in [0.25, 0.3) is 11.8 Å². The van der Waals surface area contributed by atoms with Crippen molar-refractivity contribution in [1.29, 1.82) is 0 Å². The molecule has 0 aliphatic heterocycles. The Labute approximate surface area is 132 Å². The highest BCUT2D eigenvalue weighted by molar-refractivity contribution is 6.18. The van der Waals surface area contributed by atoms with Crippen molar-refractivity contribution in [3.63, 3.8) is 0 Å². The number of allylic oxidation sites excluding steroid dienone is 2. The largest absolute Gasteiger partial charge is 0.352 e. The molecule has 0 saturated carbocycles. The zero-order chi connectivity index (χ0) is 16.5. The zero-order valence-electron chi connectivity index (χ0n) is 13.6. The number of carbonyl (C=O) groups is 2. The van der Waals surface area contributed by atoms with Crippen molar-refractivity contribution >= 4 is 11.8 Å². The molecule has 0 aromatic heterocycles. The number of carbonyl (C=O) groups excluding carboxylic acids is 2. The Morgan fingerprint density at radius 1 is 1.27 bits per heavy atom. The smallest absolute Gasteiger partial charge is 0.262 e. The third kappa shape index (κ3) is 4.88. The van der Waals surface area contributed by atoms with Gasteiger partial charge in [-0.15, -0.1) is 0 Å². The molecule has 4 heteroatoms. The first-order valence-electron chi connectivity index (χ1n) is 7.45. The van der Waals surface area contributed by atoms with Gasteiger partial charge in [0, 0.05) is 19.3 Å². The summed E-state index contributed by atoms with van der Waals surface area (Å²) >= 11 is 0. The lowest BCUT2D eigenvalue weighted by molar-refractivity contribution is -0.128. The highest BCUT2D eigenvalue weighted by atomic mass is 16.2. The van der Waals surface area contributed by atoms with E-state index < -0.39 is 0 Å². The number of benzene rings is 1. The van der Waals surface area contributed by atoms with Crippen LogP contribution in [0, 0.1) is 0 Å². The molecule has 1 rings (SSSR count). The molecule has 0 radical (unpaired) electrons. The van der Waals surface area contributed by atoms with Gasteiger partial charge in [0.15, 0.2) is 0 Å². The molecule has 0 unspecified atom stereocenters. The van der Waals surface area contributed by atoms with Crippen LogP contribution in [0.25, 0.3) is 0 Å². The lowest BCUT2D eigenvalue weighted by Gasteiger charge is -2.20. The molecule has 0 heterocycles. The summed E-state index contributed by atoms with van der Waals surface area (Å²) in [5.74, 6) is -0.675. The molecule has 0 fully saturated rings. The maximum Gasteiger partial charge on any atom is 0.262 e. The average molecular weight is 300 g/mol. The van der Waals surface area contributed by atoms with Gasteiger partial charge in [0.05, 0.1) is 0 Å². The second-order valence-electron chi connectivity index (χ2n) is 4.98. The second-order valence-corrected chi connectivity index (χ2v) is 4.98. The van der Waals surface area contributed by atoms with Crippen LogP contribution in [0.3, 0.4) is 0 Å². The maximum atomic E-state index is 12.3. The topological polar surface area (TPSA) is 49.4 Å². The van der Waals surface area contributed by atoms with Crippen molar-refractivity contribution in [2.45, 2.75) is 26.7 Å². The quantitative estimate of drug-likeness (QED) is 0.478. The van der Waals surface area contributed by atoms with Gasteiger partial charge in [-0.3, -0.25) is 9.59 Å². The Hall–Kier alpha value is -2.36. The normalized spacial score (nSPS) is 11.0. The van der Waals surface area contributed by atoms with Crippen molar-refractivity contribution in [3.8, 4) is 0 Å². The van der Waals surface area contributed by atoms with Crippen molar-refractivity contribution in [3.05, 3.63) is 59.8 Å².